The number of ketones is 1. The number of hydrogen-bond acceptors (Lipinski definition) is 5. The van der Waals surface area contributed by atoms with Crippen LogP contribution >= 0.6 is 12.6 Å². The van der Waals surface area contributed by atoms with E-state index < -0.39 is 62.9 Å². The molecule has 1 N–H and O–H groups in total. The fraction of sp³-hybridized carbons (Fsp3) is 0.708. The summed E-state index contributed by atoms with van der Waals surface area (Å²) in [5.74, 6) is -3.40. The smallest absolute Gasteiger partial charge is 0.306 e. The van der Waals surface area contributed by atoms with Gasteiger partial charge in [-0.25, -0.2) is 8.78 Å². The highest BCUT2D eigenvalue weighted by atomic mass is 32.1. The molecule has 0 aromatic heterocycles. The number of aliphatic hydroxyl groups is 1. The van der Waals surface area contributed by atoms with Crippen LogP contribution in [0.15, 0.2) is 23.6 Å². The van der Waals surface area contributed by atoms with Crippen LogP contribution in [0.5, 0.6) is 0 Å². The van der Waals surface area contributed by atoms with Crippen molar-refractivity contribution in [2.75, 3.05) is 0 Å². The lowest BCUT2D eigenvalue weighted by atomic mass is 9.45. The summed E-state index contributed by atoms with van der Waals surface area (Å²) >= 11 is 4.09. The maximum absolute atomic E-state index is 17.1. The molecule has 32 heavy (non-hydrogen) atoms. The largest absolute Gasteiger partial charge is 0.449 e. The third-order valence-corrected chi connectivity index (χ3v) is 9.41. The van der Waals surface area contributed by atoms with Crippen molar-refractivity contribution in [2.24, 2.45) is 28.6 Å². The number of ether oxygens (including phenoxy) is 1. The van der Waals surface area contributed by atoms with Crippen molar-refractivity contribution in [3.8, 4) is 0 Å². The van der Waals surface area contributed by atoms with Gasteiger partial charge in [-0.15, -0.1) is 12.6 Å². The molecular formula is C24H30F2O5S. The molecule has 2 saturated carbocycles. The Morgan fingerprint density at radius 1 is 1.31 bits per heavy atom. The summed E-state index contributed by atoms with van der Waals surface area (Å²) in [5, 5.41) is 10.7. The van der Waals surface area contributed by atoms with E-state index >= 15 is 8.78 Å². The van der Waals surface area contributed by atoms with Crippen LogP contribution < -0.4 is 0 Å². The zero-order chi connectivity index (χ0) is 23.9. The van der Waals surface area contributed by atoms with Crippen LogP contribution in [0.1, 0.15) is 59.8 Å². The Morgan fingerprint density at radius 2 is 1.97 bits per heavy atom. The van der Waals surface area contributed by atoms with Gasteiger partial charge in [-0.1, -0.05) is 26.8 Å². The van der Waals surface area contributed by atoms with E-state index in [-0.39, 0.29) is 37.0 Å². The van der Waals surface area contributed by atoms with Crippen molar-refractivity contribution in [1.82, 2.24) is 0 Å². The molecule has 0 amide bonds. The Labute approximate surface area is 192 Å². The number of carbonyl (C=O) groups excluding carboxylic acids is 3. The molecule has 0 spiro atoms. The van der Waals surface area contributed by atoms with Crippen LogP contribution in [0.3, 0.4) is 0 Å². The van der Waals surface area contributed by atoms with Gasteiger partial charge < -0.3 is 9.84 Å². The SMILES string of the molecule is CCC(=O)O[C@]1(C(=O)S)[C@H](C)C[C@H]2[C@@H]3CC(F)=C4CC(=O)C=C[C@]4(C)[C@@]3(F)[C@@H](O)C[C@@]21C. The molecule has 8 atom stereocenters. The molecule has 0 radical (unpaired) electrons. The van der Waals surface area contributed by atoms with Gasteiger partial charge in [0, 0.05) is 41.9 Å². The van der Waals surface area contributed by atoms with Crippen molar-refractivity contribution in [3.63, 3.8) is 0 Å². The summed E-state index contributed by atoms with van der Waals surface area (Å²) in [4.78, 5) is 37.2. The topological polar surface area (TPSA) is 80.7 Å². The van der Waals surface area contributed by atoms with Gasteiger partial charge in [-0.3, -0.25) is 14.4 Å². The average Bonchev–Trinajstić information content (AvgIpc) is 2.93. The Kier molecular flexibility index (Phi) is 5.33. The van der Waals surface area contributed by atoms with E-state index in [0.29, 0.717) is 6.42 Å². The maximum Gasteiger partial charge on any atom is 0.306 e. The lowest BCUT2D eigenvalue weighted by molar-refractivity contribution is -0.223. The number of allylic oxidation sites excluding steroid dienone is 4. The lowest BCUT2D eigenvalue weighted by Gasteiger charge is -2.62. The van der Waals surface area contributed by atoms with Crippen LogP contribution in [0.25, 0.3) is 0 Å². The van der Waals surface area contributed by atoms with E-state index in [1.54, 1.807) is 20.8 Å². The van der Waals surface area contributed by atoms with E-state index in [1.807, 2.05) is 0 Å². The number of aliphatic hydroxyl groups excluding tert-OH is 1. The van der Waals surface area contributed by atoms with Crippen molar-refractivity contribution >= 4 is 29.5 Å². The fourth-order valence-corrected chi connectivity index (χ4v) is 7.99. The molecule has 4 rings (SSSR count). The van der Waals surface area contributed by atoms with Gasteiger partial charge in [-0.2, -0.15) is 0 Å². The molecular weight excluding hydrogens is 438 g/mol. The van der Waals surface area contributed by atoms with Gasteiger partial charge in [0.1, 0.15) is 5.83 Å². The minimum absolute atomic E-state index is 0.0485. The minimum Gasteiger partial charge on any atom is -0.449 e. The molecule has 176 valence electrons. The summed E-state index contributed by atoms with van der Waals surface area (Å²) in [6, 6.07) is 0. The summed E-state index contributed by atoms with van der Waals surface area (Å²) in [5.41, 5.74) is -6.39. The number of rotatable bonds is 3. The quantitative estimate of drug-likeness (QED) is 0.483. The first-order valence-corrected chi connectivity index (χ1v) is 11.7. The molecule has 0 saturated heterocycles. The molecule has 0 unspecified atom stereocenters. The van der Waals surface area contributed by atoms with Gasteiger partial charge in [0.2, 0.25) is 5.12 Å². The van der Waals surface area contributed by atoms with E-state index in [2.05, 4.69) is 12.6 Å². The van der Waals surface area contributed by atoms with Gasteiger partial charge in [0.15, 0.2) is 17.1 Å². The summed E-state index contributed by atoms with van der Waals surface area (Å²) in [7, 11) is 0. The van der Waals surface area contributed by atoms with Crippen LogP contribution in [-0.4, -0.2) is 39.3 Å². The molecule has 8 heteroatoms. The molecule has 0 bridgehead atoms. The van der Waals surface area contributed by atoms with Crippen LogP contribution in [-0.2, 0) is 19.1 Å². The van der Waals surface area contributed by atoms with Crippen molar-refractivity contribution < 1.29 is 33.0 Å². The summed E-state index contributed by atoms with van der Waals surface area (Å²) in [6.07, 6.45) is 0.834. The van der Waals surface area contributed by atoms with Gasteiger partial charge >= 0.3 is 5.97 Å². The van der Waals surface area contributed by atoms with Gasteiger partial charge in [-0.05, 0) is 37.3 Å². The fourth-order valence-electron chi connectivity index (χ4n) is 7.47. The maximum atomic E-state index is 17.1. The van der Waals surface area contributed by atoms with Crippen LogP contribution in [0, 0.1) is 28.6 Å². The minimum atomic E-state index is -2.23. The number of alkyl halides is 1. The highest BCUT2D eigenvalue weighted by molar-refractivity contribution is 7.96. The zero-order valence-electron chi connectivity index (χ0n) is 18.8. The van der Waals surface area contributed by atoms with E-state index in [0.717, 1.165) is 0 Å². The van der Waals surface area contributed by atoms with Crippen LogP contribution in [0.4, 0.5) is 8.78 Å². The van der Waals surface area contributed by atoms with Crippen molar-refractivity contribution in [3.05, 3.63) is 23.6 Å². The highest BCUT2D eigenvalue weighted by Gasteiger charge is 2.77. The monoisotopic (exact) mass is 468 g/mol. The average molecular weight is 469 g/mol. The Bertz CT molecular complexity index is 962. The molecule has 4 aliphatic rings. The number of halogens is 2. The predicted octanol–water partition coefficient (Wildman–Crippen LogP) is 4.05. The first-order chi connectivity index (χ1) is 14.8. The summed E-state index contributed by atoms with van der Waals surface area (Å²) < 4.78 is 38.3. The normalized spacial score (nSPS) is 47.6. The Hall–Kier alpha value is -1.54. The molecule has 5 nitrogen and oxygen atoms in total. The van der Waals surface area contributed by atoms with E-state index in [1.165, 1.54) is 19.1 Å². The first kappa shape index (κ1) is 23.6. The first-order valence-electron chi connectivity index (χ1n) is 11.2. The Morgan fingerprint density at radius 3 is 2.56 bits per heavy atom. The number of fused-ring (bicyclic) bond motifs is 5. The number of hydrogen-bond donors (Lipinski definition) is 2. The zero-order valence-corrected chi connectivity index (χ0v) is 19.7. The van der Waals surface area contributed by atoms with Crippen molar-refractivity contribution in [2.45, 2.75) is 77.2 Å². The number of carbonyl (C=O) groups is 3. The van der Waals surface area contributed by atoms with E-state index in [9.17, 15) is 19.5 Å². The van der Waals surface area contributed by atoms with Gasteiger partial charge in [0.25, 0.3) is 0 Å². The Balaban J connectivity index is 1.89. The molecule has 0 aliphatic heterocycles. The third-order valence-electron chi connectivity index (χ3n) is 9.08. The third kappa shape index (κ3) is 2.62. The van der Waals surface area contributed by atoms with Crippen molar-refractivity contribution in [1.29, 1.82) is 0 Å². The molecule has 0 aromatic carbocycles. The number of esters is 1. The van der Waals surface area contributed by atoms with Gasteiger partial charge in [0.05, 0.1) is 6.10 Å². The molecule has 4 aliphatic carbocycles. The second kappa shape index (κ2) is 7.23. The lowest BCUT2D eigenvalue weighted by Crippen LogP contribution is -2.69. The second-order valence-electron chi connectivity index (χ2n) is 10.4. The summed E-state index contributed by atoms with van der Waals surface area (Å²) in [6.45, 7) is 6.63. The number of thiol groups is 1. The molecule has 0 heterocycles. The molecule has 2 fully saturated rings. The van der Waals surface area contributed by atoms with E-state index in [4.69, 9.17) is 4.74 Å². The standard InChI is InChI=1S/C24H30F2O5S/c1-5-19(29)31-24(20(30)32)12(2)8-14-15-10-17(25)16-9-13(27)6-7-21(16,3)23(15,26)18(28)11-22(14,24)4/h6-7,12,14-15,18,28H,5,8-11H2,1-4H3,(H,30,32)/t12-,14+,15+,18+,21+,22+,23+,24+/m1/s1. The molecule has 0 aromatic rings. The highest BCUT2D eigenvalue weighted by Crippen LogP contribution is 2.71. The second-order valence-corrected chi connectivity index (χ2v) is 10.8. The van der Waals surface area contributed by atoms with Crippen LogP contribution in [0.2, 0.25) is 0 Å². The predicted molar refractivity (Wildman–Crippen MR) is 116 cm³/mol.